The van der Waals surface area contributed by atoms with Crippen molar-refractivity contribution in [2.45, 2.75) is 25.8 Å². The molecule has 2 aromatic carbocycles. The largest absolute Gasteiger partial charge is 0.465 e. The molecule has 34 heavy (non-hydrogen) atoms. The SMILES string of the molecule is C[C@@H](NC(=O)c1cnn(C)n1)c1ccc(C(=C2CCN(C(=O)O)CC2)c2ccc(F)cc2)cc1. The molecule has 3 aromatic rings. The van der Waals surface area contributed by atoms with Gasteiger partial charge in [0.25, 0.3) is 5.91 Å². The number of likely N-dealkylation sites (tertiary alicyclic amines) is 1. The first-order valence-electron chi connectivity index (χ1n) is 11.0. The highest BCUT2D eigenvalue weighted by Gasteiger charge is 2.22. The first-order chi connectivity index (χ1) is 16.3. The molecule has 9 heteroatoms. The van der Waals surface area contributed by atoms with Crippen LogP contribution in [0.3, 0.4) is 0 Å². The summed E-state index contributed by atoms with van der Waals surface area (Å²) in [5.74, 6) is -0.610. The summed E-state index contributed by atoms with van der Waals surface area (Å²) in [5, 5.41) is 20.1. The Bertz CT molecular complexity index is 1210. The molecule has 1 saturated heterocycles. The molecule has 1 aromatic heterocycles. The number of nitrogens with zero attached hydrogens (tertiary/aromatic N) is 4. The number of hydrogen-bond donors (Lipinski definition) is 2. The predicted octanol–water partition coefficient (Wildman–Crippen LogP) is 4.02. The highest BCUT2D eigenvalue weighted by Crippen LogP contribution is 2.33. The molecule has 0 bridgehead atoms. The van der Waals surface area contributed by atoms with Gasteiger partial charge in [-0.2, -0.15) is 9.90 Å². The van der Waals surface area contributed by atoms with Crippen molar-refractivity contribution in [2.24, 2.45) is 7.05 Å². The van der Waals surface area contributed by atoms with Crippen LogP contribution in [0.2, 0.25) is 0 Å². The minimum Gasteiger partial charge on any atom is -0.465 e. The third-order valence-corrected chi connectivity index (χ3v) is 6.00. The molecule has 8 nitrogen and oxygen atoms in total. The minimum absolute atomic E-state index is 0.246. The summed E-state index contributed by atoms with van der Waals surface area (Å²) in [6.45, 7) is 2.75. The first kappa shape index (κ1) is 23.2. The third kappa shape index (κ3) is 5.14. The van der Waals surface area contributed by atoms with Crippen molar-refractivity contribution in [1.82, 2.24) is 25.2 Å². The van der Waals surface area contributed by atoms with Crippen LogP contribution in [0.5, 0.6) is 0 Å². The number of aryl methyl sites for hydroxylation is 1. The molecule has 0 spiro atoms. The lowest BCUT2D eigenvalue weighted by Gasteiger charge is -2.28. The first-order valence-corrected chi connectivity index (χ1v) is 11.0. The van der Waals surface area contributed by atoms with Crippen molar-refractivity contribution in [2.75, 3.05) is 13.1 Å². The Morgan fingerprint density at radius 3 is 2.15 bits per heavy atom. The summed E-state index contributed by atoms with van der Waals surface area (Å²) in [4.78, 5) is 26.5. The van der Waals surface area contributed by atoms with Crippen molar-refractivity contribution < 1.29 is 19.1 Å². The number of rotatable bonds is 5. The Kier molecular flexibility index (Phi) is 6.72. The van der Waals surface area contributed by atoms with E-state index in [9.17, 15) is 19.1 Å². The molecule has 1 atom stereocenters. The zero-order valence-electron chi connectivity index (χ0n) is 19.0. The maximum Gasteiger partial charge on any atom is 0.407 e. The van der Waals surface area contributed by atoms with E-state index in [-0.39, 0.29) is 23.5 Å². The van der Waals surface area contributed by atoms with Crippen molar-refractivity contribution >= 4 is 17.6 Å². The van der Waals surface area contributed by atoms with Crippen LogP contribution in [-0.2, 0) is 7.05 Å². The maximum atomic E-state index is 13.6. The van der Waals surface area contributed by atoms with Crippen LogP contribution in [0.1, 0.15) is 53.0 Å². The molecule has 4 rings (SSSR count). The second-order valence-electron chi connectivity index (χ2n) is 8.29. The van der Waals surface area contributed by atoms with Crippen LogP contribution in [0, 0.1) is 5.82 Å². The van der Waals surface area contributed by atoms with Crippen LogP contribution >= 0.6 is 0 Å². The van der Waals surface area contributed by atoms with E-state index in [1.165, 1.54) is 28.0 Å². The lowest BCUT2D eigenvalue weighted by atomic mass is 9.88. The Balaban J connectivity index is 1.58. The molecule has 0 saturated carbocycles. The standard InChI is InChI=1S/C25H26FN5O3/c1-16(28-24(32)22-15-27-30(2)29-22)17-3-5-18(6-4-17)23(19-7-9-21(26)10-8-19)20-11-13-31(14-12-20)25(33)34/h3-10,15-16H,11-14H2,1-2H3,(H,28,32)(H,33,34)/t16-/m1/s1. The minimum atomic E-state index is -0.913. The van der Waals surface area contributed by atoms with Gasteiger partial charge >= 0.3 is 6.09 Å². The number of aromatic nitrogens is 3. The van der Waals surface area contributed by atoms with Gasteiger partial charge < -0.3 is 15.3 Å². The fourth-order valence-corrected chi connectivity index (χ4v) is 4.15. The topological polar surface area (TPSA) is 100 Å². The monoisotopic (exact) mass is 463 g/mol. The maximum absolute atomic E-state index is 13.6. The molecule has 1 fully saturated rings. The summed E-state index contributed by atoms with van der Waals surface area (Å²) in [6, 6.07) is 14.0. The van der Waals surface area contributed by atoms with E-state index < -0.39 is 6.09 Å². The van der Waals surface area contributed by atoms with Crippen LogP contribution < -0.4 is 5.32 Å². The number of carboxylic acid groups (broad SMARTS) is 1. The number of amides is 2. The van der Waals surface area contributed by atoms with Gasteiger partial charge in [0.1, 0.15) is 5.82 Å². The fraction of sp³-hybridized carbons (Fsp3) is 0.280. The highest BCUT2D eigenvalue weighted by atomic mass is 19.1. The summed E-state index contributed by atoms with van der Waals surface area (Å²) in [5.41, 5.74) is 5.15. The van der Waals surface area contributed by atoms with Crippen molar-refractivity contribution in [3.63, 3.8) is 0 Å². The summed E-state index contributed by atoms with van der Waals surface area (Å²) < 4.78 is 13.6. The molecule has 1 aliphatic rings. The quantitative estimate of drug-likeness (QED) is 0.595. The van der Waals surface area contributed by atoms with E-state index in [0.29, 0.717) is 25.9 Å². The van der Waals surface area contributed by atoms with E-state index >= 15 is 0 Å². The van der Waals surface area contributed by atoms with E-state index in [0.717, 1.165) is 27.8 Å². The van der Waals surface area contributed by atoms with Gasteiger partial charge in [-0.15, -0.1) is 5.10 Å². The summed E-state index contributed by atoms with van der Waals surface area (Å²) in [7, 11) is 1.65. The zero-order chi connectivity index (χ0) is 24.2. The summed E-state index contributed by atoms with van der Waals surface area (Å²) >= 11 is 0. The lowest BCUT2D eigenvalue weighted by Crippen LogP contribution is -2.35. The van der Waals surface area contributed by atoms with Crippen LogP contribution in [-0.4, -0.2) is 50.1 Å². The average Bonchev–Trinajstić information content (AvgIpc) is 3.28. The highest BCUT2D eigenvalue weighted by molar-refractivity contribution is 5.92. The van der Waals surface area contributed by atoms with E-state index in [1.807, 2.05) is 31.2 Å². The van der Waals surface area contributed by atoms with E-state index in [1.54, 1.807) is 19.2 Å². The van der Waals surface area contributed by atoms with Gasteiger partial charge in [-0.1, -0.05) is 42.0 Å². The predicted molar refractivity (Wildman–Crippen MR) is 125 cm³/mol. The molecule has 0 aliphatic carbocycles. The molecular weight excluding hydrogens is 437 g/mol. The van der Waals surface area contributed by atoms with Gasteiger partial charge in [0.05, 0.1) is 12.2 Å². The van der Waals surface area contributed by atoms with Gasteiger partial charge in [-0.3, -0.25) is 4.79 Å². The fourth-order valence-electron chi connectivity index (χ4n) is 4.15. The van der Waals surface area contributed by atoms with Crippen molar-refractivity contribution in [3.05, 3.63) is 88.5 Å². The van der Waals surface area contributed by atoms with Gasteiger partial charge in [0.2, 0.25) is 0 Å². The van der Waals surface area contributed by atoms with Crippen LogP contribution in [0.25, 0.3) is 5.57 Å². The molecule has 2 amide bonds. The average molecular weight is 464 g/mol. The Labute approximate surface area is 196 Å². The Morgan fingerprint density at radius 2 is 1.62 bits per heavy atom. The number of nitrogens with one attached hydrogen (secondary N) is 1. The number of hydrogen-bond acceptors (Lipinski definition) is 4. The van der Waals surface area contributed by atoms with Crippen LogP contribution in [0.15, 0.2) is 60.3 Å². The molecule has 2 N–H and O–H groups in total. The molecule has 1 aliphatic heterocycles. The van der Waals surface area contributed by atoms with E-state index in [2.05, 4.69) is 15.5 Å². The summed E-state index contributed by atoms with van der Waals surface area (Å²) in [6.07, 6.45) is 1.74. The van der Waals surface area contributed by atoms with Gasteiger partial charge in [-0.25, -0.2) is 9.18 Å². The molecule has 2 heterocycles. The molecular formula is C25H26FN5O3. The second kappa shape index (κ2) is 9.86. The number of benzene rings is 2. The number of carbonyl (C=O) groups is 2. The Hall–Kier alpha value is -4.01. The second-order valence-corrected chi connectivity index (χ2v) is 8.29. The van der Waals surface area contributed by atoms with Gasteiger partial charge in [0, 0.05) is 20.1 Å². The lowest BCUT2D eigenvalue weighted by molar-refractivity contribution is 0.0934. The number of halogens is 1. The normalized spacial score (nSPS) is 14.6. The molecule has 0 radical (unpaired) electrons. The number of carbonyl (C=O) groups excluding carboxylic acids is 1. The number of piperidine rings is 1. The molecule has 176 valence electrons. The van der Waals surface area contributed by atoms with Crippen molar-refractivity contribution in [1.29, 1.82) is 0 Å². The van der Waals surface area contributed by atoms with Crippen molar-refractivity contribution in [3.8, 4) is 0 Å². The smallest absolute Gasteiger partial charge is 0.407 e. The third-order valence-electron chi connectivity index (χ3n) is 6.00. The van der Waals surface area contributed by atoms with E-state index in [4.69, 9.17) is 0 Å². The van der Waals surface area contributed by atoms with Crippen LogP contribution in [0.4, 0.5) is 9.18 Å². The Morgan fingerprint density at radius 1 is 1.03 bits per heavy atom. The molecule has 0 unspecified atom stereocenters. The van der Waals surface area contributed by atoms with Gasteiger partial charge in [0.15, 0.2) is 5.69 Å². The zero-order valence-corrected chi connectivity index (χ0v) is 19.0. The van der Waals surface area contributed by atoms with Gasteiger partial charge in [-0.05, 0) is 54.2 Å².